The third kappa shape index (κ3) is 1.56. The number of aryl methyl sites for hydroxylation is 2. The number of nitrogens with zero attached hydrogens (tertiary/aromatic N) is 3. The molecule has 100 valence electrons. The van der Waals surface area contributed by atoms with Crippen LogP contribution in [0.4, 0.5) is 0 Å². The maximum atomic E-state index is 9.44. The molecular formula is C18H13N3. The summed E-state index contributed by atoms with van der Waals surface area (Å²) in [5.74, 6) is 0. The molecule has 0 atom stereocenters. The quantitative estimate of drug-likeness (QED) is 0.482. The van der Waals surface area contributed by atoms with Crippen molar-refractivity contribution in [3.63, 3.8) is 0 Å². The van der Waals surface area contributed by atoms with Crippen molar-refractivity contribution in [2.24, 2.45) is 0 Å². The van der Waals surface area contributed by atoms with Gasteiger partial charge in [-0.3, -0.25) is 4.40 Å². The highest BCUT2D eigenvalue weighted by atomic mass is 15.0. The highest BCUT2D eigenvalue weighted by Gasteiger charge is 2.12. The molecule has 0 amide bonds. The number of pyridine rings is 1. The van der Waals surface area contributed by atoms with Crippen molar-refractivity contribution in [1.82, 2.24) is 9.38 Å². The minimum Gasteiger partial charge on any atom is -0.291 e. The lowest BCUT2D eigenvalue weighted by Gasteiger charge is -2.08. The van der Waals surface area contributed by atoms with Gasteiger partial charge in [-0.2, -0.15) is 5.26 Å². The number of hydrogen-bond donors (Lipinski definition) is 0. The largest absolute Gasteiger partial charge is 0.291 e. The average molecular weight is 271 g/mol. The summed E-state index contributed by atoms with van der Waals surface area (Å²) >= 11 is 0. The van der Waals surface area contributed by atoms with Crippen molar-refractivity contribution >= 4 is 27.6 Å². The van der Waals surface area contributed by atoms with Gasteiger partial charge in [0.1, 0.15) is 6.07 Å². The lowest BCUT2D eigenvalue weighted by Crippen LogP contribution is -1.94. The number of imidazole rings is 1. The zero-order valence-electron chi connectivity index (χ0n) is 11.9. The third-order valence-corrected chi connectivity index (χ3v) is 4.11. The van der Waals surface area contributed by atoms with Crippen LogP contribution in [0.25, 0.3) is 27.6 Å². The van der Waals surface area contributed by atoms with Crippen LogP contribution in [0.15, 0.2) is 42.5 Å². The van der Waals surface area contributed by atoms with Gasteiger partial charge in [0.2, 0.25) is 0 Å². The molecule has 0 fully saturated rings. The van der Waals surface area contributed by atoms with Crippen molar-refractivity contribution < 1.29 is 0 Å². The summed E-state index contributed by atoms with van der Waals surface area (Å²) in [6.45, 7) is 4.20. The molecule has 0 aliphatic rings. The highest BCUT2D eigenvalue weighted by Crippen LogP contribution is 2.27. The van der Waals surface area contributed by atoms with Crippen molar-refractivity contribution in [1.29, 1.82) is 5.26 Å². The number of hydrogen-bond acceptors (Lipinski definition) is 2. The van der Waals surface area contributed by atoms with Crippen molar-refractivity contribution in [3.8, 4) is 6.07 Å². The Balaban J connectivity index is 2.37. The average Bonchev–Trinajstić information content (AvgIpc) is 2.88. The Labute approximate surface area is 122 Å². The molecule has 0 aliphatic heterocycles. The fraction of sp³-hybridized carbons (Fsp3) is 0.111. The Morgan fingerprint density at radius 1 is 1.00 bits per heavy atom. The summed E-state index contributed by atoms with van der Waals surface area (Å²) in [7, 11) is 0. The molecule has 0 saturated carbocycles. The molecule has 0 spiro atoms. The number of para-hydroxylation sites is 2. The first-order valence-electron chi connectivity index (χ1n) is 6.90. The van der Waals surface area contributed by atoms with Crippen LogP contribution < -0.4 is 0 Å². The number of rotatable bonds is 0. The van der Waals surface area contributed by atoms with E-state index in [1.165, 1.54) is 11.1 Å². The van der Waals surface area contributed by atoms with Crippen LogP contribution >= 0.6 is 0 Å². The Bertz CT molecular complexity index is 1060. The zero-order chi connectivity index (χ0) is 14.6. The van der Waals surface area contributed by atoms with Crippen LogP contribution in [0.2, 0.25) is 0 Å². The van der Waals surface area contributed by atoms with E-state index in [9.17, 15) is 5.26 Å². The first kappa shape index (κ1) is 11.9. The zero-order valence-corrected chi connectivity index (χ0v) is 11.9. The van der Waals surface area contributed by atoms with Gasteiger partial charge in [0.15, 0.2) is 5.65 Å². The lowest BCUT2D eigenvalue weighted by molar-refractivity contribution is 1.26. The van der Waals surface area contributed by atoms with E-state index in [-0.39, 0.29) is 0 Å². The number of nitriles is 1. The summed E-state index contributed by atoms with van der Waals surface area (Å²) in [6, 6.07) is 16.5. The first-order chi connectivity index (χ1) is 10.2. The third-order valence-electron chi connectivity index (χ3n) is 4.11. The molecule has 2 aromatic heterocycles. The van der Waals surface area contributed by atoms with Crippen LogP contribution in [0.1, 0.15) is 16.7 Å². The fourth-order valence-electron chi connectivity index (χ4n) is 2.89. The fourth-order valence-corrected chi connectivity index (χ4v) is 2.89. The molecule has 0 bridgehead atoms. The van der Waals surface area contributed by atoms with Gasteiger partial charge in [-0.05, 0) is 55.3 Å². The van der Waals surface area contributed by atoms with Crippen LogP contribution in [-0.2, 0) is 0 Å². The van der Waals surface area contributed by atoms with Crippen molar-refractivity contribution in [2.45, 2.75) is 13.8 Å². The van der Waals surface area contributed by atoms with Gasteiger partial charge in [-0.15, -0.1) is 0 Å². The Morgan fingerprint density at radius 3 is 2.57 bits per heavy atom. The van der Waals surface area contributed by atoms with E-state index in [4.69, 9.17) is 0 Å². The van der Waals surface area contributed by atoms with Crippen LogP contribution in [0.3, 0.4) is 0 Å². The molecular weight excluding hydrogens is 258 g/mol. The van der Waals surface area contributed by atoms with E-state index in [0.717, 1.165) is 27.6 Å². The molecule has 0 N–H and O–H groups in total. The van der Waals surface area contributed by atoms with E-state index >= 15 is 0 Å². The SMILES string of the molecule is Cc1cc2cc(C#N)c3nc4ccccc4n3c2cc1C. The molecule has 4 aromatic rings. The molecule has 4 rings (SSSR count). The normalized spacial score (nSPS) is 11.3. The minimum absolute atomic E-state index is 0.613. The maximum Gasteiger partial charge on any atom is 0.156 e. The molecule has 0 saturated heterocycles. The van der Waals surface area contributed by atoms with E-state index in [1.807, 2.05) is 30.3 Å². The molecule has 3 nitrogen and oxygen atoms in total. The van der Waals surface area contributed by atoms with E-state index in [1.54, 1.807) is 0 Å². The van der Waals surface area contributed by atoms with E-state index in [0.29, 0.717) is 5.56 Å². The summed E-state index contributed by atoms with van der Waals surface area (Å²) in [5.41, 5.74) is 6.87. The molecule has 2 heterocycles. The maximum absolute atomic E-state index is 9.44. The highest BCUT2D eigenvalue weighted by molar-refractivity contribution is 5.93. The second-order valence-corrected chi connectivity index (χ2v) is 5.42. The number of fused-ring (bicyclic) bond motifs is 5. The smallest absolute Gasteiger partial charge is 0.156 e. The predicted octanol–water partition coefficient (Wildman–Crippen LogP) is 4.13. The summed E-state index contributed by atoms with van der Waals surface area (Å²) < 4.78 is 2.09. The van der Waals surface area contributed by atoms with Gasteiger partial charge in [-0.1, -0.05) is 12.1 Å². The Kier molecular flexibility index (Phi) is 2.31. The number of aromatic nitrogens is 2. The summed E-state index contributed by atoms with van der Waals surface area (Å²) in [5, 5.41) is 10.5. The van der Waals surface area contributed by atoms with Gasteiger partial charge in [0.05, 0.1) is 22.1 Å². The second kappa shape index (κ2) is 4.07. The van der Waals surface area contributed by atoms with Gasteiger partial charge in [0, 0.05) is 5.39 Å². The summed E-state index contributed by atoms with van der Waals surface area (Å²) in [4.78, 5) is 4.63. The topological polar surface area (TPSA) is 41.1 Å². The monoisotopic (exact) mass is 271 g/mol. The van der Waals surface area contributed by atoms with Gasteiger partial charge in [0.25, 0.3) is 0 Å². The van der Waals surface area contributed by atoms with Crippen LogP contribution in [0.5, 0.6) is 0 Å². The van der Waals surface area contributed by atoms with E-state index < -0.39 is 0 Å². The standard InChI is InChI=1S/C18H13N3/c1-11-7-13-9-14(10-19)18-20-15-5-3-4-6-16(15)21(18)17(13)8-12(11)2/h3-9H,1-2H3. The second-order valence-electron chi connectivity index (χ2n) is 5.42. The molecule has 0 aliphatic carbocycles. The molecule has 0 unspecified atom stereocenters. The van der Waals surface area contributed by atoms with Gasteiger partial charge in [-0.25, -0.2) is 4.98 Å². The van der Waals surface area contributed by atoms with Crippen LogP contribution in [-0.4, -0.2) is 9.38 Å². The predicted molar refractivity (Wildman–Crippen MR) is 84.4 cm³/mol. The van der Waals surface area contributed by atoms with E-state index in [2.05, 4.69) is 41.4 Å². The lowest BCUT2D eigenvalue weighted by atomic mass is 10.0. The molecule has 21 heavy (non-hydrogen) atoms. The van der Waals surface area contributed by atoms with Gasteiger partial charge >= 0.3 is 0 Å². The molecule has 3 heteroatoms. The van der Waals surface area contributed by atoms with Gasteiger partial charge < -0.3 is 0 Å². The van der Waals surface area contributed by atoms with Crippen molar-refractivity contribution in [2.75, 3.05) is 0 Å². The van der Waals surface area contributed by atoms with Crippen LogP contribution in [0, 0.1) is 25.2 Å². The van der Waals surface area contributed by atoms with Crippen molar-refractivity contribution in [3.05, 3.63) is 59.2 Å². The molecule has 0 radical (unpaired) electrons. The number of benzene rings is 2. The molecule has 2 aromatic carbocycles. The Hall–Kier alpha value is -2.86. The Morgan fingerprint density at radius 2 is 1.76 bits per heavy atom. The summed E-state index contributed by atoms with van der Waals surface area (Å²) in [6.07, 6.45) is 0. The minimum atomic E-state index is 0.613. The first-order valence-corrected chi connectivity index (χ1v) is 6.90.